The van der Waals surface area contributed by atoms with Crippen molar-refractivity contribution in [2.75, 3.05) is 12.4 Å². The van der Waals surface area contributed by atoms with Crippen LogP contribution in [0, 0.1) is 0 Å². The molecule has 2 atom stereocenters. The van der Waals surface area contributed by atoms with Crippen molar-refractivity contribution in [2.45, 2.75) is 25.1 Å². The molecule has 0 spiro atoms. The zero-order chi connectivity index (χ0) is 10.5. The van der Waals surface area contributed by atoms with E-state index < -0.39 is 0 Å². The van der Waals surface area contributed by atoms with Gasteiger partial charge in [0.25, 0.3) is 0 Å². The average molecular weight is 224 g/mol. The summed E-state index contributed by atoms with van der Waals surface area (Å²) in [5, 5.41) is 0. The lowest BCUT2D eigenvalue weighted by Crippen LogP contribution is -2.13. The second-order valence-electron chi connectivity index (χ2n) is 3.66. The molecule has 2 rings (SSSR count). The van der Waals surface area contributed by atoms with Gasteiger partial charge < -0.3 is 9.47 Å². The number of ether oxygens (including phenoxy) is 2. The van der Waals surface area contributed by atoms with E-state index >= 15 is 0 Å². The summed E-state index contributed by atoms with van der Waals surface area (Å²) in [5.41, 5.74) is 1.37. The maximum atomic E-state index is 5.56. The summed E-state index contributed by atoms with van der Waals surface area (Å²) >= 11 is 1.90. The van der Waals surface area contributed by atoms with Crippen LogP contribution in [-0.2, 0) is 15.2 Å². The molecule has 15 heavy (non-hydrogen) atoms. The van der Waals surface area contributed by atoms with Crippen LogP contribution in [0.3, 0.4) is 0 Å². The first-order chi connectivity index (χ1) is 7.34. The molecular formula is C12H16O2S. The zero-order valence-electron chi connectivity index (χ0n) is 8.89. The van der Waals surface area contributed by atoms with Crippen molar-refractivity contribution in [3.05, 3.63) is 35.9 Å². The maximum absolute atomic E-state index is 5.56. The smallest absolute Gasteiger partial charge is 0.155 e. The van der Waals surface area contributed by atoms with Crippen LogP contribution >= 0.6 is 11.8 Å². The van der Waals surface area contributed by atoms with Crippen LogP contribution in [0.4, 0.5) is 0 Å². The average Bonchev–Trinajstić information content (AvgIpc) is 2.66. The fraction of sp³-hybridized carbons (Fsp3) is 0.500. The molecule has 0 amide bonds. The van der Waals surface area contributed by atoms with E-state index in [9.17, 15) is 0 Å². The highest BCUT2D eigenvalue weighted by Crippen LogP contribution is 2.18. The Kier molecular flexibility index (Phi) is 4.06. The van der Waals surface area contributed by atoms with Gasteiger partial charge in [0.15, 0.2) is 6.29 Å². The van der Waals surface area contributed by atoms with Crippen molar-refractivity contribution in [1.82, 2.24) is 0 Å². The van der Waals surface area contributed by atoms with Gasteiger partial charge >= 0.3 is 0 Å². The highest BCUT2D eigenvalue weighted by molar-refractivity contribution is 7.98. The van der Waals surface area contributed by atoms with Gasteiger partial charge in [0.2, 0.25) is 0 Å². The predicted octanol–water partition coefficient (Wildman–Crippen LogP) is 2.68. The van der Waals surface area contributed by atoms with Gasteiger partial charge in [-0.2, -0.15) is 11.8 Å². The van der Waals surface area contributed by atoms with Crippen LogP contribution in [0.15, 0.2) is 30.3 Å². The summed E-state index contributed by atoms with van der Waals surface area (Å²) in [4.78, 5) is 0. The van der Waals surface area contributed by atoms with Crippen molar-refractivity contribution in [2.24, 2.45) is 0 Å². The lowest BCUT2D eigenvalue weighted by atomic mass is 10.2. The summed E-state index contributed by atoms with van der Waals surface area (Å²) in [6, 6.07) is 10.5. The lowest BCUT2D eigenvalue weighted by molar-refractivity contribution is -0.0382. The second-order valence-corrected chi connectivity index (χ2v) is 4.69. The van der Waals surface area contributed by atoms with E-state index in [1.54, 1.807) is 0 Å². The van der Waals surface area contributed by atoms with E-state index in [4.69, 9.17) is 9.47 Å². The molecular weight excluding hydrogens is 208 g/mol. The van der Waals surface area contributed by atoms with Crippen LogP contribution in [0.25, 0.3) is 0 Å². The summed E-state index contributed by atoms with van der Waals surface area (Å²) < 4.78 is 10.9. The van der Waals surface area contributed by atoms with Gasteiger partial charge in [-0.3, -0.25) is 0 Å². The van der Waals surface area contributed by atoms with Gasteiger partial charge in [0.1, 0.15) is 0 Å². The third kappa shape index (κ3) is 3.52. The first kappa shape index (κ1) is 11.0. The van der Waals surface area contributed by atoms with Crippen LogP contribution in [-0.4, -0.2) is 24.8 Å². The zero-order valence-corrected chi connectivity index (χ0v) is 9.70. The number of hydrogen-bond acceptors (Lipinski definition) is 3. The maximum Gasteiger partial charge on any atom is 0.155 e. The first-order valence-corrected chi connectivity index (χ1v) is 6.39. The molecule has 1 aliphatic heterocycles. The highest BCUT2D eigenvalue weighted by Gasteiger charge is 2.21. The topological polar surface area (TPSA) is 18.5 Å². The van der Waals surface area contributed by atoms with Crippen LogP contribution in [0.5, 0.6) is 0 Å². The molecule has 2 unspecified atom stereocenters. The summed E-state index contributed by atoms with van der Waals surface area (Å²) in [5.74, 6) is 2.06. The first-order valence-electron chi connectivity index (χ1n) is 5.23. The Morgan fingerprint density at radius 2 is 2.13 bits per heavy atom. The standard InChI is InChI=1S/C12H16O2S/c1-10-13-7-12(14-10)9-15-8-11-5-3-2-4-6-11/h2-6,10,12H,7-9H2,1H3. The molecule has 0 aromatic heterocycles. The monoisotopic (exact) mass is 224 g/mol. The molecule has 0 radical (unpaired) electrons. The van der Waals surface area contributed by atoms with E-state index in [1.165, 1.54) is 5.56 Å². The quantitative estimate of drug-likeness (QED) is 0.783. The van der Waals surface area contributed by atoms with Crippen molar-refractivity contribution >= 4 is 11.8 Å². The Balaban J connectivity index is 1.67. The van der Waals surface area contributed by atoms with Gasteiger partial charge in [-0.25, -0.2) is 0 Å². The number of rotatable bonds is 4. The summed E-state index contributed by atoms with van der Waals surface area (Å²) in [6.07, 6.45) is 0.251. The highest BCUT2D eigenvalue weighted by atomic mass is 32.2. The molecule has 0 aliphatic carbocycles. The Hall–Kier alpha value is -0.510. The molecule has 1 saturated heterocycles. The minimum Gasteiger partial charge on any atom is -0.350 e. The Morgan fingerprint density at radius 3 is 2.80 bits per heavy atom. The van der Waals surface area contributed by atoms with E-state index in [0.717, 1.165) is 18.1 Å². The van der Waals surface area contributed by atoms with Gasteiger partial charge in [-0.1, -0.05) is 30.3 Å². The molecule has 0 bridgehead atoms. The fourth-order valence-corrected chi connectivity index (χ4v) is 2.55. The lowest BCUT2D eigenvalue weighted by Gasteiger charge is -2.07. The molecule has 3 heteroatoms. The number of benzene rings is 1. The van der Waals surface area contributed by atoms with Crippen molar-refractivity contribution in [3.8, 4) is 0 Å². The van der Waals surface area contributed by atoms with Gasteiger partial charge in [-0.15, -0.1) is 0 Å². The Morgan fingerprint density at radius 1 is 1.33 bits per heavy atom. The molecule has 1 fully saturated rings. The molecule has 0 N–H and O–H groups in total. The summed E-state index contributed by atoms with van der Waals surface area (Å²) in [7, 11) is 0. The van der Waals surface area contributed by atoms with E-state index in [0.29, 0.717) is 0 Å². The van der Waals surface area contributed by atoms with E-state index in [-0.39, 0.29) is 12.4 Å². The number of thioether (sulfide) groups is 1. The molecule has 1 aromatic rings. The SMILES string of the molecule is CC1OCC(CSCc2ccccc2)O1. The van der Waals surface area contributed by atoms with Crippen LogP contribution < -0.4 is 0 Å². The number of hydrogen-bond donors (Lipinski definition) is 0. The van der Waals surface area contributed by atoms with E-state index in [1.807, 2.05) is 24.8 Å². The fourth-order valence-electron chi connectivity index (χ4n) is 1.56. The van der Waals surface area contributed by atoms with Gasteiger partial charge in [-0.05, 0) is 12.5 Å². The van der Waals surface area contributed by atoms with Crippen molar-refractivity contribution in [3.63, 3.8) is 0 Å². The molecule has 1 aromatic carbocycles. The molecule has 1 aliphatic rings. The molecule has 1 heterocycles. The normalized spacial score (nSPS) is 25.7. The van der Waals surface area contributed by atoms with Crippen LogP contribution in [0.1, 0.15) is 12.5 Å². The van der Waals surface area contributed by atoms with E-state index in [2.05, 4.69) is 24.3 Å². The Bertz CT molecular complexity index is 289. The third-order valence-corrected chi connectivity index (χ3v) is 3.46. The van der Waals surface area contributed by atoms with Crippen molar-refractivity contribution < 1.29 is 9.47 Å². The predicted molar refractivity (Wildman–Crippen MR) is 62.9 cm³/mol. The molecule has 82 valence electrons. The Labute approximate surface area is 95.0 Å². The van der Waals surface area contributed by atoms with Gasteiger partial charge in [0.05, 0.1) is 12.7 Å². The minimum absolute atomic E-state index is 0.0210. The largest absolute Gasteiger partial charge is 0.350 e. The molecule has 2 nitrogen and oxygen atoms in total. The van der Waals surface area contributed by atoms with Crippen LogP contribution in [0.2, 0.25) is 0 Å². The third-order valence-electron chi connectivity index (χ3n) is 2.32. The van der Waals surface area contributed by atoms with Crippen molar-refractivity contribution in [1.29, 1.82) is 0 Å². The minimum atomic E-state index is -0.0210. The van der Waals surface area contributed by atoms with Gasteiger partial charge in [0, 0.05) is 11.5 Å². The summed E-state index contributed by atoms with van der Waals surface area (Å²) in [6.45, 7) is 2.69. The second kappa shape index (κ2) is 5.54. The molecule has 0 saturated carbocycles.